The number of anilines is 1. The summed E-state index contributed by atoms with van der Waals surface area (Å²) in [7, 11) is 1.60. The SMILES string of the molecule is CNC(=O)c1cccnc1NCc1cccc(C)n1. The van der Waals surface area contributed by atoms with E-state index in [-0.39, 0.29) is 5.91 Å². The monoisotopic (exact) mass is 256 g/mol. The van der Waals surface area contributed by atoms with E-state index in [0.717, 1.165) is 11.4 Å². The second-order valence-corrected chi connectivity index (χ2v) is 4.10. The molecule has 0 aliphatic carbocycles. The fraction of sp³-hybridized carbons (Fsp3) is 0.214. The number of hydrogen-bond acceptors (Lipinski definition) is 4. The molecule has 0 bridgehead atoms. The molecule has 98 valence electrons. The third kappa shape index (κ3) is 3.28. The van der Waals surface area contributed by atoms with Gasteiger partial charge in [0.15, 0.2) is 0 Å². The number of nitrogens with zero attached hydrogens (tertiary/aromatic N) is 2. The maximum Gasteiger partial charge on any atom is 0.254 e. The molecule has 2 heterocycles. The van der Waals surface area contributed by atoms with Crippen LogP contribution in [0.3, 0.4) is 0 Å². The molecule has 2 aromatic rings. The van der Waals surface area contributed by atoms with Gasteiger partial charge in [0.1, 0.15) is 5.82 Å². The minimum Gasteiger partial charge on any atom is -0.364 e. The Bertz CT molecular complexity index is 583. The third-order valence-electron chi connectivity index (χ3n) is 2.66. The molecule has 2 N–H and O–H groups in total. The summed E-state index contributed by atoms with van der Waals surface area (Å²) in [4.78, 5) is 20.3. The Hall–Kier alpha value is -2.43. The van der Waals surface area contributed by atoms with Gasteiger partial charge in [-0.15, -0.1) is 0 Å². The van der Waals surface area contributed by atoms with Crippen LogP contribution >= 0.6 is 0 Å². The lowest BCUT2D eigenvalue weighted by Gasteiger charge is -2.09. The van der Waals surface area contributed by atoms with Gasteiger partial charge >= 0.3 is 0 Å². The van der Waals surface area contributed by atoms with Crippen LogP contribution in [0.5, 0.6) is 0 Å². The first-order chi connectivity index (χ1) is 9.20. The van der Waals surface area contributed by atoms with E-state index in [1.165, 1.54) is 0 Å². The second-order valence-electron chi connectivity index (χ2n) is 4.10. The number of amides is 1. The highest BCUT2D eigenvalue weighted by Gasteiger charge is 2.10. The van der Waals surface area contributed by atoms with Gasteiger partial charge in [-0.2, -0.15) is 0 Å². The van der Waals surface area contributed by atoms with Crippen LogP contribution in [0.15, 0.2) is 36.5 Å². The molecule has 1 amide bonds. The van der Waals surface area contributed by atoms with Crippen LogP contribution in [0.4, 0.5) is 5.82 Å². The van der Waals surface area contributed by atoms with Crippen molar-refractivity contribution in [3.05, 3.63) is 53.5 Å². The summed E-state index contributed by atoms with van der Waals surface area (Å²) in [5.41, 5.74) is 2.40. The number of pyridine rings is 2. The first-order valence-electron chi connectivity index (χ1n) is 6.04. The van der Waals surface area contributed by atoms with Crippen molar-refractivity contribution in [2.75, 3.05) is 12.4 Å². The Balaban J connectivity index is 2.13. The van der Waals surface area contributed by atoms with E-state index in [9.17, 15) is 4.79 Å². The maximum atomic E-state index is 11.7. The van der Waals surface area contributed by atoms with Gasteiger partial charge in [0, 0.05) is 18.9 Å². The largest absolute Gasteiger partial charge is 0.364 e. The predicted octanol–water partition coefficient (Wildman–Crippen LogP) is 1.76. The van der Waals surface area contributed by atoms with Crippen LogP contribution in [0, 0.1) is 6.92 Å². The van der Waals surface area contributed by atoms with Crippen LogP contribution in [-0.2, 0) is 6.54 Å². The van der Waals surface area contributed by atoms with E-state index in [2.05, 4.69) is 20.6 Å². The van der Waals surface area contributed by atoms with Crippen molar-refractivity contribution < 1.29 is 4.79 Å². The molecule has 0 saturated carbocycles. The van der Waals surface area contributed by atoms with Crippen molar-refractivity contribution in [3.8, 4) is 0 Å². The Labute approximate surface area is 112 Å². The summed E-state index contributed by atoms with van der Waals surface area (Å²) in [6.45, 7) is 2.48. The molecule has 0 atom stereocenters. The van der Waals surface area contributed by atoms with Crippen LogP contribution in [0.25, 0.3) is 0 Å². The van der Waals surface area contributed by atoms with E-state index < -0.39 is 0 Å². The molecule has 2 aromatic heterocycles. The van der Waals surface area contributed by atoms with Gasteiger partial charge in [-0.3, -0.25) is 9.78 Å². The first-order valence-corrected chi connectivity index (χ1v) is 6.04. The van der Waals surface area contributed by atoms with Crippen molar-refractivity contribution in [1.82, 2.24) is 15.3 Å². The van der Waals surface area contributed by atoms with Crippen LogP contribution in [0.2, 0.25) is 0 Å². The van der Waals surface area contributed by atoms with Crippen LogP contribution in [0.1, 0.15) is 21.7 Å². The Morgan fingerprint density at radius 3 is 2.84 bits per heavy atom. The van der Waals surface area contributed by atoms with Gasteiger partial charge in [-0.05, 0) is 31.2 Å². The van der Waals surface area contributed by atoms with E-state index >= 15 is 0 Å². The quantitative estimate of drug-likeness (QED) is 0.874. The molecule has 0 aliphatic rings. The zero-order valence-electron chi connectivity index (χ0n) is 11.0. The summed E-state index contributed by atoms with van der Waals surface area (Å²) in [5.74, 6) is 0.401. The maximum absolute atomic E-state index is 11.7. The summed E-state index contributed by atoms with van der Waals surface area (Å²) in [6, 6.07) is 9.30. The average Bonchev–Trinajstić information content (AvgIpc) is 2.45. The first kappa shape index (κ1) is 13.0. The molecule has 0 unspecified atom stereocenters. The minimum absolute atomic E-state index is 0.159. The van der Waals surface area contributed by atoms with Crippen molar-refractivity contribution in [1.29, 1.82) is 0 Å². The van der Waals surface area contributed by atoms with E-state index in [1.807, 2.05) is 25.1 Å². The molecule has 5 nitrogen and oxygen atoms in total. The van der Waals surface area contributed by atoms with Crippen molar-refractivity contribution >= 4 is 11.7 Å². The molecule has 19 heavy (non-hydrogen) atoms. The van der Waals surface area contributed by atoms with Crippen LogP contribution in [-0.4, -0.2) is 22.9 Å². The fourth-order valence-corrected chi connectivity index (χ4v) is 1.74. The number of aromatic nitrogens is 2. The summed E-state index contributed by atoms with van der Waals surface area (Å²) in [6.07, 6.45) is 1.65. The average molecular weight is 256 g/mol. The topological polar surface area (TPSA) is 66.9 Å². The number of hydrogen-bond donors (Lipinski definition) is 2. The minimum atomic E-state index is -0.159. The zero-order valence-corrected chi connectivity index (χ0v) is 11.0. The molecule has 0 aromatic carbocycles. The summed E-state index contributed by atoms with van der Waals surface area (Å²) < 4.78 is 0. The summed E-state index contributed by atoms with van der Waals surface area (Å²) >= 11 is 0. The molecular formula is C14H16N4O. The molecule has 0 saturated heterocycles. The van der Waals surface area contributed by atoms with Crippen molar-refractivity contribution in [2.24, 2.45) is 0 Å². The normalized spacial score (nSPS) is 10.0. The number of nitrogens with one attached hydrogen (secondary N) is 2. The standard InChI is InChI=1S/C14H16N4O/c1-10-5-3-6-11(18-10)9-17-13-12(14(19)15-2)7-4-8-16-13/h3-8H,9H2,1-2H3,(H,15,19)(H,16,17). The Morgan fingerprint density at radius 1 is 1.26 bits per heavy atom. The summed E-state index contributed by atoms with van der Waals surface area (Å²) in [5, 5.41) is 5.73. The molecule has 0 aliphatic heterocycles. The number of aryl methyl sites for hydroxylation is 1. The number of rotatable bonds is 4. The second kappa shape index (κ2) is 5.95. The predicted molar refractivity (Wildman–Crippen MR) is 73.9 cm³/mol. The van der Waals surface area contributed by atoms with Gasteiger partial charge in [-0.25, -0.2) is 4.98 Å². The lowest BCUT2D eigenvalue weighted by molar-refractivity contribution is 0.0963. The Kier molecular flexibility index (Phi) is 4.07. The Morgan fingerprint density at radius 2 is 2.11 bits per heavy atom. The molecule has 5 heteroatoms. The third-order valence-corrected chi connectivity index (χ3v) is 2.66. The van der Waals surface area contributed by atoms with E-state index in [0.29, 0.717) is 17.9 Å². The molecular weight excluding hydrogens is 240 g/mol. The fourth-order valence-electron chi connectivity index (χ4n) is 1.74. The highest BCUT2D eigenvalue weighted by Crippen LogP contribution is 2.12. The van der Waals surface area contributed by atoms with Gasteiger partial charge in [0.05, 0.1) is 17.8 Å². The van der Waals surface area contributed by atoms with Gasteiger partial charge in [0.2, 0.25) is 0 Å². The molecule has 2 rings (SSSR count). The lowest BCUT2D eigenvalue weighted by Crippen LogP contribution is -2.20. The van der Waals surface area contributed by atoms with Gasteiger partial charge < -0.3 is 10.6 Å². The van der Waals surface area contributed by atoms with Crippen LogP contribution < -0.4 is 10.6 Å². The molecule has 0 spiro atoms. The smallest absolute Gasteiger partial charge is 0.254 e. The van der Waals surface area contributed by atoms with Gasteiger partial charge in [0.25, 0.3) is 5.91 Å². The number of carbonyl (C=O) groups excluding carboxylic acids is 1. The highest BCUT2D eigenvalue weighted by molar-refractivity contribution is 5.98. The molecule has 0 radical (unpaired) electrons. The van der Waals surface area contributed by atoms with Crippen molar-refractivity contribution in [3.63, 3.8) is 0 Å². The van der Waals surface area contributed by atoms with Gasteiger partial charge in [-0.1, -0.05) is 6.07 Å². The lowest BCUT2D eigenvalue weighted by atomic mass is 10.2. The van der Waals surface area contributed by atoms with E-state index in [1.54, 1.807) is 25.4 Å². The van der Waals surface area contributed by atoms with Crippen molar-refractivity contribution in [2.45, 2.75) is 13.5 Å². The number of carbonyl (C=O) groups is 1. The highest BCUT2D eigenvalue weighted by atomic mass is 16.1. The molecule has 0 fully saturated rings. The zero-order chi connectivity index (χ0) is 13.7. The van der Waals surface area contributed by atoms with E-state index in [4.69, 9.17) is 0 Å².